The van der Waals surface area contributed by atoms with Gasteiger partial charge in [0.1, 0.15) is 5.69 Å². The number of nitrogens with one attached hydrogen (secondary N) is 1. The van der Waals surface area contributed by atoms with Crippen molar-refractivity contribution in [3.05, 3.63) is 53.6 Å². The van der Waals surface area contributed by atoms with E-state index in [1.165, 1.54) is 5.56 Å². The Morgan fingerprint density at radius 2 is 1.92 bits per heavy atom. The molecule has 0 bridgehead atoms. The van der Waals surface area contributed by atoms with Gasteiger partial charge in [-0.2, -0.15) is 5.10 Å². The van der Waals surface area contributed by atoms with Gasteiger partial charge in [0, 0.05) is 43.7 Å². The van der Waals surface area contributed by atoms with E-state index in [4.69, 9.17) is 5.11 Å². The molecule has 6 nitrogen and oxygen atoms in total. The maximum absolute atomic E-state index is 11.2. The zero-order chi connectivity index (χ0) is 18.1. The lowest BCUT2D eigenvalue weighted by Crippen LogP contribution is -2.43. The fraction of sp³-hybridized carbons (Fsp3) is 0.300. The van der Waals surface area contributed by atoms with Gasteiger partial charge in [-0.1, -0.05) is 24.3 Å². The molecule has 0 radical (unpaired) electrons. The first-order valence-corrected chi connectivity index (χ1v) is 8.82. The molecule has 1 saturated heterocycles. The Bertz CT molecular complexity index is 942. The number of nitrogens with zero attached hydrogens (tertiary/aromatic N) is 3. The quantitative estimate of drug-likeness (QED) is 0.757. The number of carbonyl (C=O) groups is 1. The van der Waals surface area contributed by atoms with Crippen LogP contribution in [0.1, 0.15) is 15.9 Å². The summed E-state index contributed by atoms with van der Waals surface area (Å²) < 4.78 is 0. The molecular weight excluding hydrogens is 328 g/mol. The van der Waals surface area contributed by atoms with Crippen molar-refractivity contribution < 1.29 is 9.90 Å². The number of likely N-dealkylation sites (N-methyl/N-ethyl adjacent to an activating group) is 1. The summed E-state index contributed by atoms with van der Waals surface area (Å²) in [5.74, 6) is -0.932. The van der Waals surface area contributed by atoms with Gasteiger partial charge >= 0.3 is 5.97 Å². The van der Waals surface area contributed by atoms with Crippen molar-refractivity contribution in [2.45, 2.75) is 6.54 Å². The third-order valence-electron chi connectivity index (χ3n) is 5.07. The predicted octanol–water partition coefficient (Wildman–Crippen LogP) is 2.68. The van der Waals surface area contributed by atoms with E-state index in [0.29, 0.717) is 0 Å². The Balaban J connectivity index is 1.68. The number of rotatable bonds is 4. The van der Waals surface area contributed by atoms with Crippen molar-refractivity contribution in [2.75, 3.05) is 33.2 Å². The standard InChI is InChI=1S/C20H22N4O2/c1-23-8-10-24(11-9-23)13-15-4-2-3-5-16(15)19-17-7-6-14(20(25)26)12-18(17)21-22-19/h2-7,12H,8-11,13H2,1H3,(H,21,22)(H,25,26). The van der Waals surface area contributed by atoms with E-state index in [1.54, 1.807) is 12.1 Å². The maximum atomic E-state index is 11.2. The highest BCUT2D eigenvalue weighted by atomic mass is 16.4. The molecule has 0 amide bonds. The normalized spacial score (nSPS) is 16.2. The zero-order valence-corrected chi connectivity index (χ0v) is 14.8. The van der Waals surface area contributed by atoms with E-state index in [9.17, 15) is 4.79 Å². The van der Waals surface area contributed by atoms with Gasteiger partial charge in [-0.25, -0.2) is 4.79 Å². The molecule has 2 N–H and O–H groups in total. The fourth-order valence-electron chi connectivity index (χ4n) is 3.49. The van der Waals surface area contributed by atoms with Gasteiger partial charge in [-0.05, 0) is 30.8 Å². The van der Waals surface area contributed by atoms with Gasteiger partial charge in [-0.15, -0.1) is 0 Å². The topological polar surface area (TPSA) is 72.5 Å². The van der Waals surface area contributed by atoms with Crippen molar-refractivity contribution in [3.8, 4) is 11.3 Å². The van der Waals surface area contributed by atoms with Gasteiger partial charge in [-0.3, -0.25) is 10.00 Å². The molecule has 3 aromatic rings. The molecule has 0 spiro atoms. The van der Waals surface area contributed by atoms with E-state index in [-0.39, 0.29) is 5.56 Å². The second kappa shape index (κ2) is 6.90. The number of carboxylic acid groups (broad SMARTS) is 1. The molecule has 1 aromatic heterocycles. The number of benzene rings is 2. The van der Waals surface area contributed by atoms with Crippen molar-refractivity contribution in [1.82, 2.24) is 20.0 Å². The number of piperazine rings is 1. The van der Waals surface area contributed by atoms with Crippen LogP contribution >= 0.6 is 0 Å². The van der Waals surface area contributed by atoms with E-state index >= 15 is 0 Å². The number of H-pyrrole nitrogens is 1. The number of aromatic amines is 1. The molecule has 1 fully saturated rings. The largest absolute Gasteiger partial charge is 0.478 e. The molecule has 26 heavy (non-hydrogen) atoms. The Morgan fingerprint density at radius 3 is 2.69 bits per heavy atom. The Kier molecular flexibility index (Phi) is 4.44. The van der Waals surface area contributed by atoms with Gasteiger partial charge in [0.15, 0.2) is 0 Å². The van der Waals surface area contributed by atoms with E-state index in [0.717, 1.165) is 54.9 Å². The lowest BCUT2D eigenvalue weighted by Gasteiger charge is -2.32. The molecule has 0 atom stereocenters. The van der Waals surface area contributed by atoms with Crippen LogP contribution in [0.2, 0.25) is 0 Å². The minimum absolute atomic E-state index is 0.262. The van der Waals surface area contributed by atoms with Gasteiger partial charge in [0.05, 0.1) is 11.1 Å². The number of aromatic nitrogens is 2. The molecule has 4 rings (SSSR count). The summed E-state index contributed by atoms with van der Waals surface area (Å²) in [6, 6.07) is 13.4. The summed E-state index contributed by atoms with van der Waals surface area (Å²) in [6.45, 7) is 5.20. The first-order chi connectivity index (χ1) is 12.6. The van der Waals surface area contributed by atoms with Crippen LogP contribution in [0.5, 0.6) is 0 Å². The predicted molar refractivity (Wildman–Crippen MR) is 101 cm³/mol. The molecule has 1 aliphatic rings. The molecule has 0 aliphatic carbocycles. The molecule has 0 unspecified atom stereocenters. The van der Waals surface area contributed by atoms with Crippen molar-refractivity contribution >= 4 is 16.9 Å². The van der Waals surface area contributed by atoms with Crippen LogP contribution < -0.4 is 0 Å². The van der Waals surface area contributed by atoms with Crippen molar-refractivity contribution in [1.29, 1.82) is 0 Å². The number of carboxylic acids is 1. The summed E-state index contributed by atoms with van der Waals surface area (Å²) in [4.78, 5) is 16.0. The summed E-state index contributed by atoms with van der Waals surface area (Å²) in [5, 5.41) is 17.6. The van der Waals surface area contributed by atoms with Gasteiger partial charge in [0.25, 0.3) is 0 Å². The van der Waals surface area contributed by atoms with E-state index in [2.05, 4.69) is 45.2 Å². The van der Waals surface area contributed by atoms with Crippen molar-refractivity contribution in [2.24, 2.45) is 0 Å². The first kappa shape index (κ1) is 16.8. The van der Waals surface area contributed by atoms with Crippen LogP contribution in [0.15, 0.2) is 42.5 Å². The summed E-state index contributed by atoms with van der Waals surface area (Å²) in [5.41, 5.74) is 4.22. The van der Waals surface area contributed by atoms with Crippen LogP contribution in [0.25, 0.3) is 22.2 Å². The average Bonchev–Trinajstić information content (AvgIpc) is 3.07. The molecule has 6 heteroatoms. The number of hydrogen-bond donors (Lipinski definition) is 2. The van der Waals surface area contributed by atoms with Crippen LogP contribution in [-0.4, -0.2) is 64.3 Å². The second-order valence-electron chi connectivity index (χ2n) is 6.87. The third kappa shape index (κ3) is 3.21. The Morgan fingerprint density at radius 1 is 1.15 bits per heavy atom. The van der Waals surface area contributed by atoms with E-state index < -0.39 is 5.97 Å². The van der Waals surface area contributed by atoms with Gasteiger partial charge in [0.2, 0.25) is 0 Å². The summed E-state index contributed by atoms with van der Waals surface area (Å²) >= 11 is 0. The fourth-order valence-corrected chi connectivity index (χ4v) is 3.49. The van der Waals surface area contributed by atoms with Gasteiger partial charge < -0.3 is 10.0 Å². The van der Waals surface area contributed by atoms with Crippen LogP contribution in [-0.2, 0) is 6.54 Å². The monoisotopic (exact) mass is 350 g/mol. The molecule has 2 aromatic carbocycles. The average molecular weight is 350 g/mol. The van der Waals surface area contributed by atoms with Crippen LogP contribution in [0.4, 0.5) is 0 Å². The molecule has 2 heterocycles. The summed E-state index contributed by atoms with van der Waals surface area (Å²) in [7, 11) is 2.16. The van der Waals surface area contributed by atoms with Crippen molar-refractivity contribution in [3.63, 3.8) is 0 Å². The zero-order valence-electron chi connectivity index (χ0n) is 14.8. The van der Waals surface area contributed by atoms with E-state index in [1.807, 2.05) is 12.1 Å². The molecule has 1 aliphatic heterocycles. The van der Waals surface area contributed by atoms with Crippen LogP contribution in [0, 0.1) is 0 Å². The molecule has 0 saturated carbocycles. The highest BCUT2D eigenvalue weighted by Gasteiger charge is 2.18. The lowest BCUT2D eigenvalue weighted by molar-refractivity contribution is 0.0697. The SMILES string of the molecule is CN1CCN(Cc2ccccc2-c2n[nH]c3cc(C(=O)O)ccc23)CC1. The number of hydrogen-bond acceptors (Lipinski definition) is 4. The Hall–Kier alpha value is -2.70. The number of fused-ring (bicyclic) bond motifs is 1. The summed E-state index contributed by atoms with van der Waals surface area (Å²) in [6.07, 6.45) is 0. The molecule has 134 valence electrons. The smallest absolute Gasteiger partial charge is 0.335 e. The lowest BCUT2D eigenvalue weighted by atomic mass is 10.0. The second-order valence-corrected chi connectivity index (χ2v) is 6.87. The Labute approximate surface area is 152 Å². The molecular formula is C20H22N4O2. The minimum atomic E-state index is -0.932. The van der Waals surface area contributed by atoms with Crippen LogP contribution in [0.3, 0.4) is 0 Å². The first-order valence-electron chi connectivity index (χ1n) is 8.82. The minimum Gasteiger partial charge on any atom is -0.478 e. The highest BCUT2D eigenvalue weighted by molar-refractivity contribution is 5.98. The highest BCUT2D eigenvalue weighted by Crippen LogP contribution is 2.30. The number of aromatic carboxylic acids is 1. The maximum Gasteiger partial charge on any atom is 0.335 e. The third-order valence-corrected chi connectivity index (χ3v) is 5.07.